The minimum atomic E-state index is -0.939. The summed E-state index contributed by atoms with van der Waals surface area (Å²) >= 11 is 1.19. The predicted octanol–water partition coefficient (Wildman–Crippen LogP) is 4.20. The molecule has 10 heteroatoms. The number of benzene rings is 2. The van der Waals surface area contributed by atoms with Crippen molar-refractivity contribution in [2.75, 3.05) is 18.6 Å². The Morgan fingerprint density at radius 3 is 2.69 bits per heavy atom. The molecule has 0 unspecified atom stereocenters. The molecule has 2 aliphatic rings. The first-order valence-corrected chi connectivity index (χ1v) is 12.4. The number of aliphatic hydroxyl groups excluding tert-OH is 1. The number of aryl methyl sites for hydroxylation is 1. The lowest BCUT2D eigenvalue weighted by Gasteiger charge is -2.23. The number of hydrogen-bond donors (Lipinski definition) is 1. The van der Waals surface area contributed by atoms with Crippen LogP contribution in [0.1, 0.15) is 41.6 Å². The van der Waals surface area contributed by atoms with Crippen molar-refractivity contribution in [3.8, 4) is 17.2 Å². The highest BCUT2D eigenvalue weighted by molar-refractivity contribution is 7.15. The number of ether oxygens (including phenoxy) is 3. The number of fused-ring (bicyclic) bond motifs is 1. The molecular weight excluding hydrogens is 482 g/mol. The van der Waals surface area contributed by atoms with Crippen LogP contribution in [-0.2, 0) is 16.0 Å². The van der Waals surface area contributed by atoms with Gasteiger partial charge in [-0.1, -0.05) is 17.4 Å². The van der Waals surface area contributed by atoms with Gasteiger partial charge in [-0.3, -0.25) is 14.5 Å². The lowest BCUT2D eigenvalue weighted by atomic mass is 9.94. The number of Topliss-reactive ketones (excluding diaryl/α,β-unsaturated/α-hetero) is 1. The van der Waals surface area contributed by atoms with Crippen molar-refractivity contribution in [1.29, 1.82) is 0 Å². The molecule has 3 heterocycles. The molecule has 2 aromatic carbocycles. The number of aromatic nitrogens is 2. The fourth-order valence-corrected chi connectivity index (χ4v) is 5.30. The van der Waals surface area contributed by atoms with Gasteiger partial charge in [0.15, 0.2) is 11.5 Å². The van der Waals surface area contributed by atoms with Crippen molar-refractivity contribution >= 4 is 33.9 Å². The molecule has 0 spiro atoms. The number of carbonyl (C=O) groups excluding carboxylic acids is 2. The van der Waals surface area contributed by atoms with Crippen molar-refractivity contribution in [2.45, 2.75) is 39.3 Å². The van der Waals surface area contributed by atoms with Crippen LogP contribution in [0.4, 0.5) is 5.13 Å². The Balaban J connectivity index is 1.69. The number of amides is 1. The van der Waals surface area contributed by atoms with Crippen molar-refractivity contribution in [3.63, 3.8) is 0 Å². The van der Waals surface area contributed by atoms with Crippen LogP contribution in [0.3, 0.4) is 0 Å². The van der Waals surface area contributed by atoms with Gasteiger partial charge in [0.25, 0.3) is 5.78 Å². The monoisotopic (exact) mass is 507 g/mol. The number of anilines is 1. The highest BCUT2D eigenvalue weighted by atomic mass is 32.1. The summed E-state index contributed by atoms with van der Waals surface area (Å²) in [6.07, 6.45) is 0.717. The molecule has 1 saturated heterocycles. The summed E-state index contributed by atoms with van der Waals surface area (Å²) < 4.78 is 16.9. The van der Waals surface area contributed by atoms with Gasteiger partial charge in [-0.15, -0.1) is 10.2 Å². The number of rotatable bonds is 6. The van der Waals surface area contributed by atoms with Crippen LogP contribution >= 0.6 is 11.3 Å². The number of nitrogens with zero attached hydrogens (tertiary/aromatic N) is 3. The quantitative estimate of drug-likeness (QED) is 0.300. The molecule has 1 fully saturated rings. The molecule has 1 amide bonds. The molecular formula is C26H25N3O6S. The number of ketones is 1. The van der Waals surface area contributed by atoms with Crippen LogP contribution in [0.2, 0.25) is 0 Å². The molecule has 0 saturated carbocycles. The summed E-state index contributed by atoms with van der Waals surface area (Å²) in [5.41, 5.74) is 1.88. The van der Waals surface area contributed by atoms with Gasteiger partial charge in [0.2, 0.25) is 5.13 Å². The largest absolute Gasteiger partial charge is 0.507 e. The first-order chi connectivity index (χ1) is 17.3. The SMILES string of the molecule is CCOc1ccc([C@@H]2C(=C(O)c3ccc4c(c3)C[C@H](C)O4)C(=O)C(=O)N2c2nnc(C)s2)cc1OC. The second-order valence-electron chi connectivity index (χ2n) is 8.57. The van der Waals surface area contributed by atoms with E-state index in [1.807, 2.05) is 13.8 Å². The smallest absolute Gasteiger partial charge is 0.301 e. The second-order valence-corrected chi connectivity index (χ2v) is 9.73. The lowest BCUT2D eigenvalue weighted by Crippen LogP contribution is -2.29. The Bertz CT molecular complexity index is 1400. The summed E-state index contributed by atoms with van der Waals surface area (Å²) in [6.45, 7) is 6.04. The summed E-state index contributed by atoms with van der Waals surface area (Å²) in [6, 6.07) is 9.48. The van der Waals surface area contributed by atoms with Crippen LogP contribution in [-0.4, -0.2) is 46.8 Å². The molecule has 1 aromatic heterocycles. The van der Waals surface area contributed by atoms with Gasteiger partial charge in [0.1, 0.15) is 22.6 Å². The van der Waals surface area contributed by atoms with Gasteiger partial charge in [-0.2, -0.15) is 0 Å². The zero-order valence-electron chi connectivity index (χ0n) is 20.3. The second kappa shape index (κ2) is 9.27. The molecule has 9 nitrogen and oxygen atoms in total. The minimum Gasteiger partial charge on any atom is -0.507 e. The van der Waals surface area contributed by atoms with E-state index in [0.29, 0.717) is 40.7 Å². The minimum absolute atomic E-state index is 0.0277. The molecule has 1 N–H and O–H groups in total. The molecule has 3 aromatic rings. The van der Waals surface area contributed by atoms with Crippen LogP contribution < -0.4 is 19.1 Å². The topological polar surface area (TPSA) is 111 Å². The van der Waals surface area contributed by atoms with Crippen LogP contribution in [0.5, 0.6) is 17.2 Å². The summed E-state index contributed by atoms with van der Waals surface area (Å²) in [5, 5.41) is 20.5. The van der Waals surface area contributed by atoms with Crippen molar-refractivity contribution in [3.05, 3.63) is 63.7 Å². The third-order valence-electron chi connectivity index (χ3n) is 6.14. The molecule has 0 aliphatic carbocycles. The Labute approximate surface area is 211 Å². The van der Waals surface area contributed by atoms with Crippen molar-refractivity contribution < 1.29 is 28.9 Å². The fraction of sp³-hybridized carbons (Fsp3) is 0.308. The molecule has 36 heavy (non-hydrogen) atoms. The van der Waals surface area contributed by atoms with E-state index >= 15 is 0 Å². The van der Waals surface area contributed by atoms with E-state index in [-0.39, 0.29) is 22.6 Å². The maximum Gasteiger partial charge on any atom is 0.301 e. The molecule has 0 radical (unpaired) electrons. The fourth-order valence-electron chi connectivity index (χ4n) is 4.58. The third kappa shape index (κ3) is 3.97. The van der Waals surface area contributed by atoms with E-state index in [2.05, 4.69) is 10.2 Å². The van der Waals surface area contributed by atoms with Crippen molar-refractivity contribution in [1.82, 2.24) is 10.2 Å². The van der Waals surface area contributed by atoms with Crippen LogP contribution in [0.25, 0.3) is 5.76 Å². The Morgan fingerprint density at radius 1 is 1.19 bits per heavy atom. The summed E-state index contributed by atoms with van der Waals surface area (Å²) in [5.74, 6) is -0.141. The zero-order chi connectivity index (χ0) is 25.6. The Morgan fingerprint density at radius 2 is 2.00 bits per heavy atom. The zero-order valence-corrected chi connectivity index (χ0v) is 21.1. The van der Waals surface area contributed by atoms with Gasteiger partial charge >= 0.3 is 5.91 Å². The molecule has 5 rings (SSSR count). The van der Waals surface area contributed by atoms with Gasteiger partial charge < -0.3 is 19.3 Å². The lowest BCUT2D eigenvalue weighted by molar-refractivity contribution is -0.132. The molecule has 0 bridgehead atoms. The summed E-state index contributed by atoms with van der Waals surface area (Å²) in [7, 11) is 1.51. The van der Waals surface area contributed by atoms with E-state index in [4.69, 9.17) is 14.2 Å². The number of methoxy groups -OCH3 is 1. The van der Waals surface area contributed by atoms with Gasteiger partial charge in [0, 0.05) is 12.0 Å². The number of aliphatic hydroxyl groups is 1. The van der Waals surface area contributed by atoms with Gasteiger partial charge in [-0.25, -0.2) is 0 Å². The molecule has 2 aliphatic heterocycles. The highest BCUT2D eigenvalue weighted by Crippen LogP contribution is 2.45. The molecule has 186 valence electrons. The van der Waals surface area contributed by atoms with Crippen LogP contribution in [0.15, 0.2) is 42.0 Å². The Kier molecular flexibility index (Phi) is 6.13. The highest BCUT2D eigenvalue weighted by Gasteiger charge is 2.48. The molecule has 2 atom stereocenters. The van der Waals surface area contributed by atoms with E-state index in [1.54, 1.807) is 43.3 Å². The van der Waals surface area contributed by atoms with E-state index in [1.165, 1.54) is 23.3 Å². The number of carbonyl (C=O) groups is 2. The van der Waals surface area contributed by atoms with Gasteiger partial charge in [0.05, 0.1) is 25.3 Å². The summed E-state index contributed by atoms with van der Waals surface area (Å²) in [4.78, 5) is 27.9. The number of hydrogen-bond acceptors (Lipinski definition) is 9. The Hall–Kier alpha value is -3.92. The van der Waals surface area contributed by atoms with Crippen LogP contribution in [0, 0.1) is 6.92 Å². The van der Waals surface area contributed by atoms with E-state index in [0.717, 1.165) is 11.3 Å². The maximum atomic E-state index is 13.4. The normalized spacial score (nSPS) is 20.4. The van der Waals surface area contributed by atoms with E-state index in [9.17, 15) is 14.7 Å². The predicted molar refractivity (Wildman–Crippen MR) is 134 cm³/mol. The van der Waals surface area contributed by atoms with Crippen molar-refractivity contribution in [2.24, 2.45) is 0 Å². The average Bonchev–Trinajstić information content (AvgIpc) is 3.53. The maximum absolute atomic E-state index is 13.4. The first-order valence-electron chi connectivity index (χ1n) is 11.5. The van der Waals surface area contributed by atoms with Gasteiger partial charge in [-0.05, 0) is 62.2 Å². The first kappa shape index (κ1) is 23.8. The van der Waals surface area contributed by atoms with E-state index < -0.39 is 17.7 Å². The third-order valence-corrected chi connectivity index (χ3v) is 6.98. The average molecular weight is 508 g/mol. The standard InChI is InChI=1S/C26H25N3O6S/c1-5-34-19-9-6-15(12-20(19)33-4)22-21(24(31)25(32)29(22)26-28-27-14(3)36-26)23(30)16-7-8-18-17(11-16)10-13(2)35-18/h6-9,11-13,22,30H,5,10H2,1-4H3/t13-,22+/m0/s1.